The summed E-state index contributed by atoms with van der Waals surface area (Å²) in [4.78, 5) is 4.17. The summed E-state index contributed by atoms with van der Waals surface area (Å²) in [5.74, 6) is 1.38. The number of aromatic nitrogens is 2. The van der Waals surface area contributed by atoms with Gasteiger partial charge in [-0.1, -0.05) is 35.0 Å². The van der Waals surface area contributed by atoms with Crippen LogP contribution >= 0.6 is 0 Å². The number of nitrogens with zero attached hydrogens (tertiary/aromatic N) is 2. The first-order valence-corrected chi connectivity index (χ1v) is 6.24. The second-order valence-electron chi connectivity index (χ2n) is 4.57. The molecule has 1 N–H and O–H groups in total. The van der Waals surface area contributed by atoms with Crippen molar-refractivity contribution < 1.29 is 4.52 Å². The molecule has 1 heterocycles. The predicted octanol–water partition coefficient (Wildman–Crippen LogP) is 2.58. The van der Waals surface area contributed by atoms with Crippen LogP contribution in [-0.4, -0.2) is 16.7 Å². The predicted molar refractivity (Wildman–Crippen MR) is 70.3 cm³/mol. The molecule has 0 bridgehead atoms. The summed E-state index contributed by atoms with van der Waals surface area (Å²) in [5.41, 5.74) is 2.58. The molecule has 0 aliphatic heterocycles. The van der Waals surface area contributed by atoms with Crippen LogP contribution in [0.1, 0.15) is 35.8 Å². The lowest BCUT2D eigenvalue weighted by Gasteiger charge is -2.13. The molecule has 0 aliphatic carbocycles. The summed E-state index contributed by atoms with van der Waals surface area (Å²) in [6.07, 6.45) is 0.761. The Balaban J connectivity index is 1.81. The molecule has 1 aromatic heterocycles. The minimum absolute atomic E-state index is 0.328. The fraction of sp³-hybridized carbons (Fsp3) is 0.429. The van der Waals surface area contributed by atoms with Crippen LogP contribution in [0.4, 0.5) is 0 Å². The highest BCUT2D eigenvalue weighted by atomic mass is 16.5. The van der Waals surface area contributed by atoms with Gasteiger partial charge in [0.2, 0.25) is 5.89 Å². The van der Waals surface area contributed by atoms with Gasteiger partial charge in [-0.15, -0.1) is 0 Å². The number of rotatable bonds is 5. The Labute approximate surface area is 107 Å². The quantitative estimate of drug-likeness (QED) is 0.879. The molecule has 18 heavy (non-hydrogen) atoms. The fourth-order valence-electron chi connectivity index (χ4n) is 1.81. The van der Waals surface area contributed by atoms with Crippen LogP contribution in [0.5, 0.6) is 0 Å². The third-order valence-electron chi connectivity index (χ3n) is 2.94. The van der Waals surface area contributed by atoms with E-state index >= 15 is 0 Å². The highest BCUT2D eigenvalue weighted by molar-refractivity contribution is 5.23. The molecule has 0 radical (unpaired) electrons. The molecule has 4 heteroatoms. The molecule has 0 saturated carbocycles. The molecule has 96 valence electrons. The van der Waals surface area contributed by atoms with Crippen LogP contribution in [-0.2, 0) is 6.42 Å². The monoisotopic (exact) mass is 245 g/mol. The van der Waals surface area contributed by atoms with Crippen molar-refractivity contribution in [3.63, 3.8) is 0 Å². The summed E-state index contributed by atoms with van der Waals surface area (Å²) < 4.78 is 5.07. The molecule has 1 unspecified atom stereocenters. The normalized spacial score (nSPS) is 12.6. The van der Waals surface area contributed by atoms with Crippen LogP contribution < -0.4 is 5.32 Å². The SMILES string of the molecule is Cc1ccc(C(C)NCCc2nc(C)no2)cc1. The summed E-state index contributed by atoms with van der Waals surface area (Å²) in [6, 6.07) is 8.91. The van der Waals surface area contributed by atoms with Gasteiger partial charge in [0.05, 0.1) is 0 Å². The first-order chi connectivity index (χ1) is 8.65. The van der Waals surface area contributed by atoms with Gasteiger partial charge in [0, 0.05) is 19.0 Å². The third kappa shape index (κ3) is 3.40. The second kappa shape index (κ2) is 5.78. The van der Waals surface area contributed by atoms with Gasteiger partial charge in [0.1, 0.15) is 0 Å². The van der Waals surface area contributed by atoms with E-state index < -0.39 is 0 Å². The third-order valence-corrected chi connectivity index (χ3v) is 2.94. The Hall–Kier alpha value is -1.68. The molecule has 0 amide bonds. The van der Waals surface area contributed by atoms with Crippen molar-refractivity contribution in [2.75, 3.05) is 6.54 Å². The minimum Gasteiger partial charge on any atom is -0.339 e. The van der Waals surface area contributed by atoms with Gasteiger partial charge in [-0.25, -0.2) is 0 Å². The average Bonchev–Trinajstić information content (AvgIpc) is 2.76. The topological polar surface area (TPSA) is 51.0 Å². The lowest BCUT2D eigenvalue weighted by atomic mass is 10.1. The number of benzene rings is 1. The molecule has 1 atom stereocenters. The van der Waals surface area contributed by atoms with Gasteiger partial charge in [-0.3, -0.25) is 0 Å². The van der Waals surface area contributed by atoms with Gasteiger partial charge in [-0.2, -0.15) is 4.98 Å². The van der Waals surface area contributed by atoms with E-state index in [-0.39, 0.29) is 0 Å². The zero-order valence-electron chi connectivity index (χ0n) is 11.1. The van der Waals surface area contributed by atoms with E-state index in [1.165, 1.54) is 11.1 Å². The fourth-order valence-corrected chi connectivity index (χ4v) is 1.81. The van der Waals surface area contributed by atoms with Crippen molar-refractivity contribution in [1.29, 1.82) is 0 Å². The molecule has 2 aromatic rings. The van der Waals surface area contributed by atoms with Crippen LogP contribution in [0.2, 0.25) is 0 Å². The Bertz CT molecular complexity index is 490. The Morgan fingerprint density at radius 2 is 1.94 bits per heavy atom. The molecular weight excluding hydrogens is 226 g/mol. The van der Waals surface area contributed by atoms with Crippen molar-refractivity contribution in [2.45, 2.75) is 33.2 Å². The zero-order chi connectivity index (χ0) is 13.0. The maximum atomic E-state index is 5.07. The van der Waals surface area contributed by atoms with Crippen LogP contribution in [0, 0.1) is 13.8 Å². The van der Waals surface area contributed by atoms with E-state index in [4.69, 9.17) is 4.52 Å². The zero-order valence-corrected chi connectivity index (χ0v) is 11.1. The Morgan fingerprint density at radius 1 is 1.22 bits per heavy atom. The van der Waals surface area contributed by atoms with Crippen LogP contribution in [0.25, 0.3) is 0 Å². The lowest BCUT2D eigenvalue weighted by molar-refractivity contribution is 0.370. The minimum atomic E-state index is 0.328. The Morgan fingerprint density at radius 3 is 2.56 bits per heavy atom. The Kier molecular flexibility index (Phi) is 4.10. The largest absolute Gasteiger partial charge is 0.339 e. The van der Waals surface area contributed by atoms with Crippen molar-refractivity contribution in [1.82, 2.24) is 15.5 Å². The molecule has 0 fully saturated rings. The highest BCUT2D eigenvalue weighted by Crippen LogP contribution is 2.12. The van der Waals surface area contributed by atoms with Gasteiger partial charge in [0.25, 0.3) is 0 Å². The summed E-state index contributed by atoms with van der Waals surface area (Å²) in [5, 5.41) is 7.22. The summed E-state index contributed by atoms with van der Waals surface area (Å²) >= 11 is 0. The lowest BCUT2D eigenvalue weighted by Crippen LogP contribution is -2.21. The summed E-state index contributed by atoms with van der Waals surface area (Å²) in [6.45, 7) is 6.91. The van der Waals surface area contributed by atoms with Crippen molar-refractivity contribution in [3.05, 3.63) is 47.1 Å². The van der Waals surface area contributed by atoms with E-state index in [2.05, 4.69) is 53.6 Å². The maximum absolute atomic E-state index is 5.07. The van der Waals surface area contributed by atoms with Crippen LogP contribution in [0.15, 0.2) is 28.8 Å². The number of hydrogen-bond donors (Lipinski definition) is 1. The van der Waals surface area contributed by atoms with Crippen molar-refractivity contribution >= 4 is 0 Å². The second-order valence-corrected chi connectivity index (χ2v) is 4.57. The maximum Gasteiger partial charge on any atom is 0.227 e. The van der Waals surface area contributed by atoms with E-state index in [0.717, 1.165) is 13.0 Å². The van der Waals surface area contributed by atoms with Crippen LogP contribution in [0.3, 0.4) is 0 Å². The molecule has 2 rings (SSSR count). The van der Waals surface area contributed by atoms with E-state index in [9.17, 15) is 0 Å². The van der Waals surface area contributed by atoms with Gasteiger partial charge in [-0.05, 0) is 26.3 Å². The molecule has 4 nitrogen and oxygen atoms in total. The summed E-state index contributed by atoms with van der Waals surface area (Å²) in [7, 11) is 0. The van der Waals surface area contributed by atoms with E-state index in [1.807, 2.05) is 6.92 Å². The first kappa shape index (κ1) is 12.8. The average molecular weight is 245 g/mol. The molecule has 0 spiro atoms. The molecule has 1 aromatic carbocycles. The van der Waals surface area contributed by atoms with Gasteiger partial charge >= 0.3 is 0 Å². The number of aryl methyl sites for hydroxylation is 2. The number of hydrogen-bond acceptors (Lipinski definition) is 4. The molecule has 0 aliphatic rings. The van der Waals surface area contributed by atoms with Crippen molar-refractivity contribution in [3.8, 4) is 0 Å². The van der Waals surface area contributed by atoms with Crippen molar-refractivity contribution in [2.24, 2.45) is 0 Å². The first-order valence-electron chi connectivity index (χ1n) is 6.24. The van der Waals surface area contributed by atoms with E-state index in [0.29, 0.717) is 17.8 Å². The van der Waals surface area contributed by atoms with E-state index in [1.54, 1.807) is 0 Å². The van der Waals surface area contributed by atoms with Gasteiger partial charge < -0.3 is 9.84 Å². The molecule has 0 saturated heterocycles. The van der Waals surface area contributed by atoms with Gasteiger partial charge in [0.15, 0.2) is 5.82 Å². The smallest absolute Gasteiger partial charge is 0.227 e. The highest BCUT2D eigenvalue weighted by Gasteiger charge is 2.06. The molecular formula is C14H19N3O. The standard InChI is InChI=1S/C14H19N3O/c1-10-4-6-13(7-5-10)11(2)15-9-8-14-16-12(3)17-18-14/h4-7,11,15H,8-9H2,1-3H3. The number of nitrogens with one attached hydrogen (secondary N) is 1.